The number of thiophene rings is 1. The van der Waals surface area contributed by atoms with Crippen LogP contribution in [0, 0.1) is 5.92 Å². The third kappa shape index (κ3) is 1.53. The summed E-state index contributed by atoms with van der Waals surface area (Å²) in [7, 11) is 0. The summed E-state index contributed by atoms with van der Waals surface area (Å²) in [5.74, 6) is 1.36. The van der Waals surface area contributed by atoms with Crippen LogP contribution in [0.5, 0.6) is 0 Å². The lowest BCUT2D eigenvalue weighted by atomic mass is 9.77. The van der Waals surface area contributed by atoms with Gasteiger partial charge < -0.3 is 5.73 Å². The van der Waals surface area contributed by atoms with Crippen molar-refractivity contribution in [2.24, 2.45) is 11.7 Å². The Balaban J connectivity index is 2.36. The molecule has 3 atom stereocenters. The number of nitrogens with two attached hydrogens (primary N) is 1. The Morgan fingerprint density at radius 2 is 2.38 bits per heavy atom. The minimum atomic E-state index is 0.299. The predicted molar refractivity (Wildman–Crippen MR) is 58.2 cm³/mol. The lowest BCUT2D eigenvalue weighted by Gasteiger charge is -2.31. The van der Waals surface area contributed by atoms with Crippen molar-refractivity contribution in [1.82, 2.24) is 0 Å². The number of hydrogen-bond donors (Lipinski definition) is 1. The van der Waals surface area contributed by atoms with Gasteiger partial charge in [-0.2, -0.15) is 0 Å². The van der Waals surface area contributed by atoms with E-state index in [0.29, 0.717) is 12.0 Å². The van der Waals surface area contributed by atoms with Gasteiger partial charge in [-0.05, 0) is 42.7 Å². The summed E-state index contributed by atoms with van der Waals surface area (Å²) >= 11 is 1.89. The highest BCUT2D eigenvalue weighted by atomic mass is 32.1. The normalized spacial score (nSPS) is 29.8. The van der Waals surface area contributed by atoms with E-state index >= 15 is 0 Å². The van der Waals surface area contributed by atoms with Gasteiger partial charge in [-0.15, -0.1) is 11.3 Å². The zero-order valence-electron chi connectivity index (χ0n) is 8.29. The molecule has 2 heteroatoms. The van der Waals surface area contributed by atoms with Gasteiger partial charge in [-0.25, -0.2) is 0 Å². The Labute approximate surface area is 84.0 Å². The highest BCUT2D eigenvalue weighted by Gasteiger charge is 2.29. The maximum atomic E-state index is 6.04. The van der Waals surface area contributed by atoms with Crippen molar-refractivity contribution < 1.29 is 0 Å². The van der Waals surface area contributed by atoms with E-state index in [1.54, 1.807) is 10.4 Å². The molecule has 0 amide bonds. The van der Waals surface area contributed by atoms with Crippen LogP contribution in [0.2, 0.25) is 0 Å². The monoisotopic (exact) mass is 195 g/mol. The first-order valence-corrected chi connectivity index (χ1v) is 5.90. The van der Waals surface area contributed by atoms with Crippen LogP contribution in [0.1, 0.15) is 36.6 Å². The summed E-state index contributed by atoms with van der Waals surface area (Å²) in [6, 6.07) is 2.56. The first-order chi connectivity index (χ1) is 6.20. The summed E-state index contributed by atoms with van der Waals surface area (Å²) in [4.78, 5) is 1.55. The summed E-state index contributed by atoms with van der Waals surface area (Å²) in [5, 5.41) is 2.21. The van der Waals surface area contributed by atoms with Crippen LogP contribution in [-0.2, 0) is 6.42 Å². The van der Waals surface area contributed by atoms with Gasteiger partial charge in [0.2, 0.25) is 0 Å². The molecule has 13 heavy (non-hydrogen) atoms. The van der Waals surface area contributed by atoms with Crippen molar-refractivity contribution >= 4 is 11.3 Å². The van der Waals surface area contributed by atoms with Gasteiger partial charge >= 0.3 is 0 Å². The van der Waals surface area contributed by atoms with Crippen LogP contribution >= 0.6 is 11.3 Å². The zero-order valence-corrected chi connectivity index (χ0v) is 9.10. The lowest BCUT2D eigenvalue weighted by molar-refractivity contribution is 0.368. The second-order valence-corrected chi connectivity index (χ2v) is 5.16. The highest BCUT2D eigenvalue weighted by Crippen LogP contribution is 2.40. The van der Waals surface area contributed by atoms with Gasteiger partial charge in [-0.1, -0.05) is 6.92 Å². The SMILES string of the molecule is CC(N)C1c2sccc2CCC1C. The van der Waals surface area contributed by atoms with Gasteiger partial charge in [0.05, 0.1) is 0 Å². The molecule has 0 bridgehead atoms. The fraction of sp³-hybridized carbons (Fsp3) is 0.636. The Hall–Kier alpha value is -0.340. The quantitative estimate of drug-likeness (QED) is 0.732. The number of hydrogen-bond acceptors (Lipinski definition) is 2. The van der Waals surface area contributed by atoms with E-state index < -0.39 is 0 Å². The average molecular weight is 195 g/mol. The summed E-state index contributed by atoms with van der Waals surface area (Å²) in [6.07, 6.45) is 2.55. The maximum Gasteiger partial charge on any atom is 0.0126 e. The highest BCUT2D eigenvalue weighted by molar-refractivity contribution is 7.10. The zero-order chi connectivity index (χ0) is 9.42. The van der Waals surface area contributed by atoms with E-state index in [0.717, 1.165) is 5.92 Å². The molecular weight excluding hydrogens is 178 g/mol. The minimum Gasteiger partial charge on any atom is -0.327 e. The van der Waals surface area contributed by atoms with Crippen LogP contribution in [0.4, 0.5) is 0 Å². The van der Waals surface area contributed by atoms with Gasteiger partial charge in [0.1, 0.15) is 0 Å². The lowest BCUT2D eigenvalue weighted by Crippen LogP contribution is -2.31. The number of aryl methyl sites for hydroxylation is 1. The first kappa shape index (κ1) is 9.22. The van der Waals surface area contributed by atoms with Crippen molar-refractivity contribution in [2.45, 2.75) is 38.6 Å². The van der Waals surface area contributed by atoms with Gasteiger partial charge in [0, 0.05) is 16.8 Å². The molecule has 1 aliphatic rings. The van der Waals surface area contributed by atoms with Gasteiger partial charge in [0.15, 0.2) is 0 Å². The molecule has 72 valence electrons. The molecule has 2 rings (SSSR count). The Kier molecular flexibility index (Phi) is 2.43. The summed E-state index contributed by atoms with van der Waals surface area (Å²) in [6.45, 7) is 4.46. The van der Waals surface area contributed by atoms with Crippen molar-refractivity contribution in [2.75, 3.05) is 0 Å². The third-order valence-electron chi connectivity index (χ3n) is 3.13. The molecule has 1 aromatic heterocycles. The van der Waals surface area contributed by atoms with E-state index in [9.17, 15) is 0 Å². The molecule has 0 aliphatic heterocycles. The van der Waals surface area contributed by atoms with Gasteiger partial charge in [-0.3, -0.25) is 0 Å². The van der Waals surface area contributed by atoms with E-state index in [1.807, 2.05) is 11.3 Å². The van der Waals surface area contributed by atoms with Crippen molar-refractivity contribution in [3.05, 3.63) is 21.9 Å². The van der Waals surface area contributed by atoms with E-state index in [2.05, 4.69) is 25.3 Å². The summed E-state index contributed by atoms with van der Waals surface area (Å²) in [5.41, 5.74) is 7.58. The molecule has 0 fully saturated rings. The van der Waals surface area contributed by atoms with E-state index in [-0.39, 0.29) is 0 Å². The molecule has 0 spiro atoms. The molecule has 0 aromatic carbocycles. The van der Waals surface area contributed by atoms with Gasteiger partial charge in [0.25, 0.3) is 0 Å². The molecule has 1 aromatic rings. The summed E-state index contributed by atoms with van der Waals surface area (Å²) < 4.78 is 0. The van der Waals surface area contributed by atoms with Crippen molar-refractivity contribution in [1.29, 1.82) is 0 Å². The topological polar surface area (TPSA) is 26.0 Å². The second kappa shape index (κ2) is 3.43. The second-order valence-electron chi connectivity index (χ2n) is 4.21. The molecule has 1 heterocycles. The number of fused-ring (bicyclic) bond motifs is 1. The molecule has 0 saturated heterocycles. The van der Waals surface area contributed by atoms with Crippen LogP contribution in [0.25, 0.3) is 0 Å². The molecule has 1 nitrogen and oxygen atoms in total. The van der Waals surface area contributed by atoms with Crippen LogP contribution in [-0.4, -0.2) is 6.04 Å². The van der Waals surface area contributed by atoms with Crippen LogP contribution in [0.3, 0.4) is 0 Å². The minimum absolute atomic E-state index is 0.299. The fourth-order valence-corrected chi connectivity index (χ4v) is 3.73. The largest absolute Gasteiger partial charge is 0.327 e. The predicted octanol–water partition coefficient (Wildman–Crippen LogP) is 2.76. The molecule has 0 saturated carbocycles. The smallest absolute Gasteiger partial charge is 0.0126 e. The van der Waals surface area contributed by atoms with Crippen LogP contribution in [0.15, 0.2) is 11.4 Å². The average Bonchev–Trinajstić information content (AvgIpc) is 2.50. The Morgan fingerprint density at radius 3 is 3.08 bits per heavy atom. The Morgan fingerprint density at radius 1 is 1.62 bits per heavy atom. The van der Waals surface area contributed by atoms with E-state index in [1.165, 1.54) is 12.8 Å². The molecule has 1 aliphatic carbocycles. The standard InChI is InChI=1S/C11H17NS/c1-7-3-4-9-5-6-13-11(9)10(7)8(2)12/h5-8,10H,3-4,12H2,1-2H3. The van der Waals surface area contributed by atoms with Crippen molar-refractivity contribution in [3.63, 3.8) is 0 Å². The Bertz CT molecular complexity index is 290. The molecule has 0 radical (unpaired) electrons. The van der Waals surface area contributed by atoms with Crippen molar-refractivity contribution in [3.8, 4) is 0 Å². The van der Waals surface area contributed by atoms with E-state index in [4.69, 9.17) is 5.73 Å². The molecular formula is C11H17NS. The first-order valence-electron chi connectivity index (χ1n) is 5.02. The fourth-order valence-electron chi connectivity index (χ4n) is 2.42. The third-order valence-corrected chi connectivity index (χ3v) is 4.19. The van der Waals surface area contributed by atoms with Crippen LogP contribution < -0.4 is 5.73 Å². The molecule has 2 N–H and O–H groups in total. The maximum absolute atomic E-state index is 6.04. The number of rotatable bonds is 1. The molecule has 3 unspecified atom stereocenters.